The molecule has 0 unspecified atom stereocenters. The number of ether oxygens (including phenoxy) is 1. The van der Waals surface area contributed by atoms with Crippen LogP contribution in [0.2, 0.25) is 0 Å². The van der Waals surface area contributed by atoms with Gasteiger partial charge in [-0.15, -0.1) is 11.6 Å². The monoisotopic (exact) mass is 388 g/mol. The lowest BCUT2D eigenvalue weighted by Crippen LogP contribution is -2.20. The van der Waals surface area contributed by atoms with E-state index in [0.29, 0.717) is 12.6 Å². The fraction of sp³-hybridized carbons (Fsp3) is 0.125. The van der Waals surface area contributed by atoms with Crippen LogP contribution >= 0.6 is 11.6 Å². The molecule has 0 aliphatic heterocycles. The number of aromatic nitrogens is 1. The molecule has 0 saturated carbocycles. The van der Waals surface area contributed by atoms with E-state index >= 15 is 0 Å². The number of pyridine rings is 1. The van der Waals surface area contributed by atoms with E-state index in [-0.39, 0.29) is 0 Å². The van der Waals surface area contributed by atoms with Gasteiger partial charge in [-0.3, -0.25) is 0 Å². The zero-order chi connectivity index (χ0) is 19.2. The van der Waals surface area contributed by atoms with Gasteiger partial charge in [0.2, 0.25) is 0 Å². The van der Waals surface area contributed by atoms with E-state index in [1.54, 1.807) is 0 Å². The van der Waals surface area contributed by atoms with Crippen LogP contribution in [0.1, 0.15) is 11.3 Å². The summed E-state index contributed by atoms with van der Waals surface area (Å²) in [4.78, 5) is 6.77. The topological polar surface area (TPSA) is 25.4 Å². The van der Waals surface area contributed by atoms with Crippen LogP contribution in [0.4, 0.5) is 5.69 Å². The highest BCUT2D eigenvalue weighted by atomic mass is 35.5. The third kappa shape index (κ3) is 4.44. The quantitative estimate of drug-likeness (QED) is 0.286. The highest BCUT2D eigenvalue weighted by Gasteiger charge is 2.08. The average Bonchev–Trinajstić information content (AvgIpc) is 2.77. The Labute approximate surface area is 170 Å². The van der Waals surface area contributed by atoms with Gasteiger partial charge in [-0.1, -0.05) is 60.7 Å². The predicted molar refractivity (Wildman–Crippen MR) is 116 cm³/mol. The Morgan fingerprint density at radius 2 is 1.64 bits per heavy atom. The highest BCUT2D eigenvalue weighted by Crippen LogP contribution is 2.24. The molecule has 0 aliphatic carbocycles. The molecule has 0 spiro atoms. The molecule has 28 heavy (non-hydrogen) atoms. The largest absolute Gasteiger partial charge is 0.487 e. The van der Waals surface area contributed by atoms with Gasteiger partial charge in [-0.2, -0.15) is 0 Å². The summed E-state index contributed by atoms with van der Waals surface area (Å²) >= 11 is 6.21. The minimum absolute atomic E-state index is 0.407. The van der Waals surface area contributed by atoms with Crippen molar-refractivity contribution in [2.45, 2.75) is 13.2 Å². The molecule has 0 N–H and O–H groups in total. The molecule has 0 radical (unpaired) electrons. The number of benzene rings is 3. The number of fused-ring (bicyclic) bond motifs is 1. The van der Waals surface area contributed by atoms with E-state index in [1.807, 2.05) is 66.7 Å². The Bertz CT molecular complexity index is 1050. The number of anilines is 1. The van der Waals surface area contributed by atoms with Crippen LogP contribution in [-0.4, -0.2) is 11.0 Å². The Balaban J connectivity index is 1.46. The predicted octanol–water partition coefficient (Wildman–Crippen LogP) is 6.02. The zero-order valence-electron chi connectivity index (χ0n) is 15.5. The van der Waals surface area contributed by atoms with Gasteiger partial charge < -0.3 is 9.64 Å². The van der Waals surface area contributed by atoms with Crippen LogP contribution < -0.4 is 9.64 Å². The summed E-state index contributed by atoms with van der Waals surface area (Å²) in [5, 5.41) is 1.13. The first-order valence-corrected chi connectivity index (χ1v) is 9.78. The van der Waals surface area contributed by atoms with Gasteiger partial charge in [-0.25, -0.2) is 4.98 Å². The fourth-order valence-corrected chi connectivity index (χ4v) is 3.34. The van der Waals surface area contributed by atoms with E-state index in [9.17, 15) is 0 Å². The van der Waals surface area contributed by atoms with Crippen molar-refractivity contribution in [3.05, 3.63) is 102 Å². The van der Waals surface area contributed by atoms with Crippen molar-refractivity contribution in [2.75, 3.05) is 10.9 Å². The van der Waals surface area contributed by atoms with Crippen LogP contribution in [0.5, 0.6) is 5.75 Å². The van der Waals surface area contributed by atoms with Crippen LogP contribution in [0.15, 0.2) is 91.0 Å². The molecule has 4 aromatic rings. The summed E-state index contributed by atoms with van der Waals surface area (Å²) in [6.45, 7) is 1.17. The number of alkyl halides is 1. The van der Waals surface area contributed by atoms with Crippen molar-refractivity contribution in [3.63, 3.8) is 0 Å². The van der Waals surface area contributed by atoms with Crippen LogP contribution in [0.3, 0.4) is 0 Å². The Kier molecular flexibility index (Phi) is 5.74. The summed E-state index contributed by atoms with van der Waals surface area (Å²) in [6.07, 6.45) is 0. The smallest absolute Gasteiger partial charge is 0.130 e. The second-order valence-corrected chi connectivity index (χ2v) is 6.82. The summed E-state index contributed by atoms with van der Waals surface area (Å²) in [5.74, 6) is 0.802. The minimum Gasteiger partial charge on any atom is -0.487 e. The maximum atomic E-state index is 6.21. The molecule has 1 aromatic heterocycles. The second kappa shape index (κ2) is 8.77. The molecule has 4 rings (SSSR count). The van der Waals surface area contributed by atoms with Crippen LogP contribution in [-0.2, 0) is 13.2 Å². The molecule has 0 atom stereocenters. The van der Waals surface area contributed by atoms with Gasteiger partial charge >= 0.3 is 0 Å². The van der Waals surface area contributed by atoms with E-state index in [1.165, 1.54) is 5.56 Å². The Morgan fingerprint density at radius 3 is 2.50 bits per heavy atom. The average molecular weight is 389 g/mol. The molecular formula is C24H21ClN2O. The van der Waals surface area contributed by atoms with E-state index < -0.39 is 0 Å². The van der Waals surface area contributed by atoms with Crippen molar-refractivity contribution in [1.82, 2.24) is 4.98 Å². The molecule has 3 aromatic carbocycles. The molecule has 140 valence electrons. The summed E-state index contributed by atoms with van der Waals surface area (Å²) < 4.78 is 5.99. The first kappa shape index (κ1) is 18.3. The number of hydrogen-bond donors (Lipinski definition) is 0. The van der Waals surface area contributed by atoms with Gasteiger partial charge in [0.05, 0.1) is 17.2 Å². The number of halogens is 1. The normalized spacial score (nSPS) is 10.8. The SMILES string of the molecule is ClCN(Cc1ccccc1)c1cccc(OCc2ccc3ccccc3n2)c1. The van der Waals surface area contributed by atoms with Crippen molar-refractivity contribution in [2.24, 2.45) is 0 Å². The molecule has 0 bridgehead atoms. The van der Waals surface area contributed by atoms with Crippen LogP contribution in [0.25, 0.3) is 10.9 Å². The number of hydrogen-bond acceptors (Lipinski definition) is 3. The molecule has 0 aliphatic rings. The highest BCUT2D eigenvalue weighted by molar-refractivity contribution is 6.19. The van der Waals surface area contributed by atoms with Crippen LogP contribution in [0, 0.1) is 0 Å². The Hall–Kier alpha value is -3.04. The number of nitrogens with zero attached hydrogens (tertiary/aromatic N) is 2. The first-order chi connectivity index (χ1) is 13.8. The first-order valence-electron chi connectivity index (χ1n) is 9.24. The minimum atomic E-state index is 0.407. The molecule has 0 fully saturated rings. The van der Waals surface area contributed by atoms with Crippen molar-refractivity contribution in [3.8, 4) is 5.75 Å². The van der Waals surface area contributed by atoms with Gasteiger partial charge in [0.25, 0.3) is 0 Å². The van der Waals surface area contributed by atoms with Gasteiger partial charge in [-0.05, 0) is 29.8 Å². The van der Waals surface area contributed by atoms with Gasteiger partial charge in [0.1, 0.15) is 12.4 Å². The molecule has 3 nitrogen and oxygen atoms in total. The zero-order valence-corrected chi connectivity index (χ0v) is 16.2. The van der Waals surface area contributed by atoms with Gasteiger partial charge in [0, 0.05) is 23.7 Å². The Morgan fingerprint density at radius 1 is 0.821 bits per heavy atom. The fourth-order valence-electron chi connectivity index (χ4n) is 3.12. The van der Waals surface area contributed by atoms with Crippen molar-refractivity contribution >= 4 is 28.2 Å². The molecule has 1 heterocycles. The third-order valence-electron chi connectivity index (χ3n) is 4.59. The lowest BCUT2D eigenvalue weighted by molar-refractivity contribution is 0.302. The number of para-hydroxylation sites is 1. The van der Waals surface area contributed by atoms with Crippen molar-refractivity contribution < 1.29 is 4.74 Å². The maximum Gasteiger partial charge on any atom is 0.130 e. The van der Waals surface area contributed by atoms with Crippen molar-refractivity contribution in [1.29, 1.82) is 0 Å². The lowest BCUT2D eigenvalue weighted by Gasteiger charge is -2.22. The standard InChI is InChI=1S/C24H21ClN2O/c25-18-27(16-19-7-2-1-3-8-19)22-10-6-11-23(15-22)28-17-21-14-13-20-9-4-5-12-24(20)26-21/h1-15H,16-18H2. The van der Waals surface area contributed by atoms with E-state index in [0.717, 1.165) is 34.6 Å². The summed E-state index contributed by atoms with van der Waals surface area (Å²) in [5.41, 5.74) is 4.13. The molecule has 0 saturated heterocycles. The lowest BCUT2D eigenvalue weighted by atomic mass is 10.2. The van der Waals surface area contributed by atoms with E-state index in [4.69, 9.17) is 16.3 Å². The molecular weight excluding hydrogens is 368 g/mol. The number of rotatable bonds is 7. The summed E-state index contributed by atoms with van der Waals surface area (Å²) in [7, 11) is 0. The third-order valence-corrected chi connectivity index (χ3v) is 4.87. The maximum absolute atomic E-state index is 6.21. The second-order valence-electron chi connectivity index (χ2n) is 6.58. The summed E-state index contributed by atoms with van der Waals surface area (Å²) in [6, 6.07) is 30.9. The van der Waals surface area contributed by atoms with E-state index in [2.05, 4.69) is 34.1 Å². The molecule has 4 heteroatoms. The van der Waals surface area contributed by atoms with Gasteiger partial charge in [0.15, 0.2) is 0 Å². The molecule has 0 amide bonds.